The zero-order chi connectivity index (χ0) is 22.7. The Morgan fingerprint density at radius 1 is 1.28 bits per heavy atom. The summed E-state index contributed by atoms with van der Waals surface area (Å²) in [5.41, 5.74) is 1.64. The van der Waals surface area contributed by atoms with Gasteiger partial charge in [-0.1, -0.05) is 18.5 Å². The van der Waals surface area contributed by atoms with Gasteiger partial charge in [-0.05, 0) is 55.7 Å². The Bertz CT molecular complexity index is 1190. The second-order valence-corrected chi connectivity index (χ2v) is 11.9. The molecule has 0 radical (unpaired) electrons. The maximum atomic E-state index is 13.0. The van der Waals surface area contributed by atoms with E-state index in [1.54, 1.807) is 6.07 Å². The standard InChI is InChI=1S/C21H22ClN3O4S3/c1-2-12-29-15-7-5-14(6-8-15)16-13-30-21(23-16)24-20(26)17-4-3-11-25(17)32(27,28)19-10-9-18(22)31-19/h5-10,13,17H,2-4,11-12H2,1H3,(H,23,24,26). The molecule has 3 heterocycles. The van der Waals surface area contributed by atoms with Crippen molar-refractivity contribution in [3.63, 3.8) is 0 Å². The largest absolute Gasteiger partial charge is 0.494 e. The number of ether oxygens (including phenoxy) is 1. The molecule has 3 aromatic rings. The van der Waals surface area contributed by atoms with Crippen LogP contribution in [-0.4, -0.2) is 42.8 Å². The molecule has 1 saturated heterocycles. The van der Waals surface area contributed by atoms with E-state index in [0.29, 0.717) is 35.5 Å². The number of sulfonamides is 1. The van der Waals surface area contributed by atoms with Crippen molar-refractivity contribution < 1.29 is 17.9 Å². The van der Waals surface area contributed by atoms with Gasteiger partial charge in [0, 0.05) is 17.5 Å². The summed E-state index contributed by atoms with van der Waals surface area (Å²) in [6.45, 7) is 3.02. The van der Waals surface area contributed by atoms with Gasteiger partial charge in [0.25, 0.3) is 10.0 Å². The number of hydrogen-bond donors (Lipinski definition) is 1. The van der Waals surface area contributed by atoms with E-state index < -0.39 is 16.1 Å². The minimum Gasteiger partial charge on any atom is -0.494 e. The van der Waals surface area contributed by atoms with Crippen molar-refractivity contribution in [2.75, 3.05) is 18.5 Å². The monoisotopic (exact) mass is 511 g/mol. The Kier molecular flexibility index (Phi) is 7.16. The highest BCUT2D eigenvalue weighted by atomic mass is 35.5. The fourth-order valence-corrected chi connectivity index (χ4v) is 7.43. The van der Waals surface area contributed by atoms with Gasteiger partial charge in [-0.3, -0.25) is 4.79 Å². The fourth-order valence-electron chi connectivity index (χ4n) is 3.44. The molecule has 32 heavy (non-hydrogen) atoms. The summed E-state index contributed by atoms with van der Waals surface area (Å²) in [6.07, 6.45) is 2.02. The zero-order valence-corrected chi connectivity index (χ0v) is 20.5. The lowest BCUT2D eigenvalue weighted by Crippen LogP contribution is -2.42. The summed E-state index contributed by atoms with van der Waals surface area (Å²) in [4.78, 5) is 17.4. The predicted molar refractivity (Wildman–Crippen MR) is 128 cm³/mol. The zero-order valence-electron chi connectivity index (χ0n) is 17.3. The molecule has 1 fully saturated rings. The molecule has 1 unspecified atom stereocenters. The number of carbonyl (C=O) groups is 1. The molecule has 1 N–H and O–H groups in total. The van der Waals surface area contributed by atoms with E-state index in [9.17, 15) is 13.2 Å². The van der Waals surface area contributed by atoms with Gasteiger partial charge >= 0.3 is 0 Å². The molecular weight excluding hydrogens is 490 g/mol. The molecule has 1 atom stereocenters. The van der Waals surface area contributed by atoms with Gasteiger partial charge in [-0.2, -0.15) is 4.31 Å². The van der Waals surface area contributed by atoms with Crippen LogP contribution >= 0.6 is 34.3 Å². The van der Waals surface area contributed by atoms with Crippen LogP contribution in [0.15, 0.2) is 46.0 Å². The number of amides is 1. The molecule has 0 aliphatic carbocycles. The molecule has 1 aliphatic rings. The van der Waals surface area contributed by atoms with E-state index in [-0.39, 0.29) is 10.1 Å². The van der Waals surface area contributed by atoms with Gasteiger partial charge in [-0.25, -0.2) is 13.4 Å². The molecule has 170 valence electrons. The van der Waals surface area contributed by atoms with Crippen molar-refractivity contribution in [3.8, 4) is 17.0 Å². The molecule has 1 aliphatic heterocycles. The van der Waals surface area contributed by atoms with E-state index in [0.717, 1.165) is 34.8 Å². The van der Waals surface area contributed by atoms with Gasteiger partial charge in [0.1, 0.15) is 16.0 Å². The lowest BCUT2D eigenvalue weighted by molar-refractivity contribution is -0.119. The number of benzene rings is 1. The molecule has 1 aromatic carbocycles. The van der Waals surface area contributed by atoms with Crippen LogP contribution in [0.3, 0.4) is 0 Å². The number of nitrogens with one attached hydrogen (secondary N) is 1. The first-order valence-corrected chi connectivity index (χ1v) is 13.7. The van der Waals surface area contributed by atoms with Crippen LogP contribution < -0.4 is 10.1 Å². The lowest BCUT2D eigenvalue weighted by Gasteiger charge is -2.22. The number of nitrogens with zero attached hydrogens (tertiary/aromatic N) is 2. The molecular formula is C21H22ClN3O4S3. The molecule has 11 heteroatoms. The first-order chi connectivity index (χ1) is 15.4. The highest BCUT2D eigenvalue weighted by Gasteiger charge is 2.40. The maximum Gasteiger partial charge on any atom is 0.253 e. The molecule has 4 rings (SSSR count). The van der Waals surface area contributed by atoms with Crippen molar-refractivity contribution in [1.29, 1.82) is 0 Å². The van der Waals surface area contributed by atoms with Crippen molar-refractivity contribution in [2.24, 2.45) is 0 Å². The summed E-state index contributed by atoms with van der Waals surface area (Å²) in [7, 11) is -3.78. The molecule has 2 aromatic heterocycles. The molecule has 0 saturated carbocycles. The third-order valence-corrected chi connectivity index (χ3v) is 9.34. The second-order valence-electron chi connectivity index (χ2n) is 7.23. The third-order valence-electron chi connectivity index (χ3n) is 4.98. The minimum atomic E-state index is -3.78. The van der Waals surface area contributed by atoms with Crippen LogP contribution in [0.4, 0.5) is 5.13 Å². The summed E-state index contributed by atoms with van der Waals surface area (Å²) >= 11 is 8.20. The van der Waals surface area contributed by atoms with Crippen LogP contribution in [0.2, 0.25) is 4.34 Å². The smallest absolute Gasteiger partial charge is 0.253 e. The predicted octanol–water partition coefficient (Wildman–Crippen LogP) is 5.11. The van der Waals surface area contributed by atoms with Gasteiger partial charge in [-0.15, -0.1) is 22.7 Å². The first-order valence-electron chi connectivity index (χ1n) is 10.2. The topological polar surface area (TPSA) is 88.6 Å². The Morgan fingerprint density at radius 2 is 2.06 bits per heavy atom. The Hall–Kier alpha value is -1.98. The molecule has 0 bridgehead atoms. The van der Waals surface area contributed by atoms with Gasteiger partial charge in [0.2, 0.25) is 5.91 Å². The summed E-state index contributed by atoms with van der Waals surface area (Å²) in [5, 5.41) is 5.07. The average molecular weight is 512 g/mol. The molecule has 0 spiro atoms. The van der Waals surface area contributed by atoms with Gasteiger partial charge < -0.3 is 10.1 Å². The van der Waals surface area contributed by atoms with Crippen LogP contribution in [-0.2, 0) is 14.8 Å². The second kappa shape index (κ2) is 9.88. The minimum absolute atomic E-state index is 0.144. The number of rotatable bonds is 8. The third kappa shape index (κ3) is 4.99. The Morgan fingerprint density at radius 3 is 2.75 bits per heavy atom. The normalized spacial score (nSPS) is 16.9. The molecule has 7 nitrogen and oxygen atoms in total. The number of aromatic nitrogens is 1. The van der Waals surface area contributed by atoms with Crippen molar-refractivity contribution in [2.45, 2.75) is 36.4 Å². The van der Waals surface area contributed by atoms with Crippen LogP contribution in [0.5, 0.6) is 5.75 Å². The van der Waals surface area contributed by atoms with Crippen molar-refractivity contribution in [1.82, 2.24) is 9.29 Å². The average Bonchev–Trinajstić information content (AvgIpc) is 3.53. The van der Waals surface area contributed by atoms with E-state index >= 15 is 0 Å². The summed E-state index contributed by atoms with van der Waals surface area (Å²) in [6, 6.07) is 9.86. The van der Waals surface area contributed by atoms with Crippen LogP contribution in [0.1, 0.15) is 26.2 Å². The van der Waals surface area contributed by atoms with E-state index in [1.807, 2.05) is 29.6 Å². The van der Waals surface area contributed by atoms with Crippen molar-refractivity contribution in [3.05, 3.63) is 46.1 Å². The number of anilines is 1. The number of hydrogen-bond acceptors (Lipinski definition) is 7. The van der Waals surface area contributed by atoms with Gasteiger partial charge in [0.05, 0.1) is 16.6 Å². The number of halogens is 1. The van der Waals surface area contributed by atoms with E-state index in [2.05, 4.69) is 17.2 Å². The first kappa shape index (κ1) is 23.2. The van der Waals surface area contributed by atoms with Crippen molar-refractivity contribution >= 4 is 55.3 Å². The lowest BCUT2D eigenvalue weighted by atomic mass is 10.2. The summed E-state index contributed by atoms with van der Waals surface area (Å²) in [5.74, 6) is 0.423. The Balaban J connectivity index is 1.44. The SMILES string of the molecule is CCCOc1ccc(-c2csc(NC(=O)C3CCCN3S(=O)(=O)c3ccc(Cl)s3)n2)cc1. The van der Waals surface area contributed by atoms with E-state index in [4.69, 9.17) is 16.3 Å². The fraction of sp³-hybridized carbons (Fsp3) is 0.333. The highest BCUT2D eigenvalue weighted by Crippen LogP contribution is 2.33. The number of carbonyl (C=O) groups excluding carboxylic acids is 1. The number of thiazole rings is 1. The quantitative estimate of drug-likeness (QED) is 0.454. The Labute approximate surface area is 200 Å². The highest BCUT2D eigenvalue weighted by molar-refractivity contribution is 7.91. The molecule has 1 amide bonds. The summed E-state index contributed by atoms with van der Waals surface area (Å²) < 4.78 is 33.3. The van der Waals surface area contributed by atoms with Crippen LogP contribution in [0, 0.1) is 0 Å². The van der Waals surface area contributed by atoms with Gasteiger partial charge in [0.15, 0.2) is 5.13 Å². The van der Waals surface area contributed by atoms with Crippen LogP contribution in [0.25, 0.3) is 11.3 Å². The number of thiophene rings is 1. The van der Waals surface area contributed by atoms with E-state index in [1.165, 1.54) is 21.7 Å². The maximum absolute atomic E-state index is 13.0.